The molecule has 0 spiro atoms. The number of carbonyl (C=O) groups excluding carboxylic acids is 1. The summed E-state index contributed by atoms with van der Waals surface area (Å²) in [4.78, 5) is 13.2. The number of amides is 1. The number of hydrogen-bond donors (Lipinski definition) is 1. The van der Waals surface area contributed by atoms with E-state index in [4.69, 9.17) is 4.42 Å². The van der Waals surface area contributed by atoms with Crippen molar-refractivity contribution in [2.75, 3.05) is 5.32 Å². The summed E-state index contributed by atoms with van der Waals surface area (Å²) >= 11 is 1.48. The Morgan fingerprint density at radius 3 is 2.75 bits per heavy atom. The number of nitrogens with one attached hydrogen (secondary N) is 1. The lowest BCUT2D eigenvalue weighted by atomic mass is 10.2. The van der Waals surface area contributed by atoms with E-state index in [0.29, 0.717) is 11.3 Å². The highest BCUT2D eigenvalue weighted by atomic mass is 32.1. The van der Waals surface area contributed by atoms with E-state index < -0.39 is 0 Å². The molecule has 0 fully saturated rings. The molecule has 0 atom stereocenters. The van der Waals surface area contributed by atoms with Crippen LogP contribution in [0, 0.1) is 0 Å². The predicted octanol–water partition coefficient (Wildman–Crippen LogP) is 4.41. The topological polar surface area (TPSA) is 85.3 Å². The fraction of sp³-hybridized carbons (Fsp3) is 0.100. The van der Waals surface area contributed by atoms with Crippen LogP contribution in [0.3, 0.4) is 0 Å². The fourth-order valence-corrected chi connectivity index (χ4v) is 3.84. The number of rotatable bonds is 4. The third-order valence-corrected chi connectivity index (χ3v) is 5.36. The van der Waals surface area contributed by atoms with Crippen molar-refractivity contribution in [2.45, 2.75) is 13.3 Å². The van der Waals surface area contributed by atoms with Crippen molar-refractivity contribution in [3.63, 3.8) is 0 Å². The minimum absolute atomic E-state index is 0.282. The van der Waals surface area contributed by atoms with Crippen molar-refractivity contribution in [1.29, 1.82) is 0 Å². The summed E-state index contributed by atoms with van der Waals surface area (Å²) in [5.41, 5.74) is 2.34. The molecular weight excluding hydrogens is 374 g/mol. The Labute approximate surface area is 163 Å². The van der Waals surface area contributed by atoms with E-state index in [-0.39, 0.29) is 11.7 Å². The first-order valence-electron chi connectivity index (χ1n) is 8.83. The van der Waals surface area contributed by atoms with Gasteiger partial charge < -0.3 is 9.73 Å². The van der Waals surface area contributed by atoms with Crippen LogP contribution in [0.25, 0.3) is 26.5 Å². The summed E-state index contributed by atoms with van der Waals surface area (Å²) in [5.74, 6) is 0.841. The molecule has 0 saturated heterocycles. The standard InChI is InChI=1S/C20H15N5O2S/c1-2-17-22-23-20-25(17)24-19(28-20)12-7-9-14(10-8-12)21-18(26)16-11-13-5-3-4-6-15(13)27-16/h3-11H,2H2,1H3,(H,21,26). The van der Waals surface area contributed by atoms with Gasteiger partial charge in [0.1, 0.15) is 10.6 Å². The quantitative estimate of drug-likeness (QED) is 0.492. The molecule has 0 radical (unpaired) electrons. The first-order valence-corrected chi connectivity index (χ1v) is 9.64. The second-order valence-corrected chi connectivity index (χ2v) is 7.21. The molecule has 0 saturated carbocycles. The maximum atomic E-state index is 12.5. The summed E-state index contributed by atoms with van der Waals surface area (Å²) in [6.07, 6.45) is 0.775. The zero-order chi connectivity index (χ0) is 19.1. The van der Waals surface area contributed by atoms with E-state index in [1.165, 1.54) is 11.3 Å². The van der Waals surface area contributed by atoms with E-state index in [0.717, 1.165) is 33.2 Å². The summed E-state index contributed by atoms with van der Waals surface area (Å²) in [6, 6.07) is 16.8. The molecule has 138 valence electrons. The van der Waals surface area contributed by atoms with E-state index in [2.05, 4.69) is 20.6 Å². The smallest absolute Gasteiger partial charge is 0.291 e. The molecule has 2 aromatic carbocycles. The molecule has 0 unspecified atom stereocenters. The van der Waals surface area contributed by atoms with Gasteiger partial charge in [0.2, 0.25) is 4.96 Å². The number of anilines is 1. The van der Waals surface area contributed by atoms with Gasteiger partial charge in [-0.05, 0) is 36.4 Å². The summed E-state index contributed by atoms with van der Waals surface area (Å²) in [5, 5.41) is 17.5. The molecule has 8 heteroatoms. The highest BCUT2D eigenvalue weighted by Gasteiger charge is 2.14. The summed E-state index contributed by atoms with van der Waals surface area (Å²) < 4.78 is 7.38. The predicted molar refractivity (Wildman–Crippen MR) is 108 cm³/mol. The first kappa shape index (κ1) is 16.6. The highest BCUT2D eigenvalue weighted by Crippen LogP contribution is 2.27. The molecule has 0 aliphatic rings. The Bertz CT molecular complexity index is 1270. The van der Waals surface area contributed by atoms with Crippen LogP contribution in [0.4, 0.5) is 5.69 Å². The van der Waals surface area contributed by atoms with Crippen LogP contribution < -0.4 is 5.32 Å². The molecular formula is C20H15N5O2S. The second-order valence-electron chi connectivity index (χ2n) is 6.25. The molecule has 28 heavy (non-hydrogen) atoms. The highest BCUT2D eigenvalue weighted by molar-refractivity contribution is 7.19. The van der Waals surface area contributed by atoms with Crippen LogP contribution in [-0.2, 0) is 6.42 Å². The third-order valence-electron chi connectivity index (χ3n) is 4.41. The Kier molecular flexibility index (Phi) is 3.91. The molecule has 1 amide bonds. The van der Waals surface area contributed by atoms with Crippen molar-refractivity contribution >= 4 is 38.9 Å². The maximum Gasteiger partial charge on any atom is 0.291 e. The molecule has 5 rings (SSSR count). The van der Waals surface area contributed by atoms with Crippen molar-refractivity contribution in [3.05, 3.63) is 66.2 Å². The Balaban J connectivity index is 1.36. The molecule has 3 heterocycles. The number of carbonyl (C=O) groups is 1. The van der Waals surface area contributed by atoms with Gasteiger partial charge in [0.05, 0.1) is 0 Å². The van der Waals surface area contributed by atoms with Gasteiger partial charge in [0, 0.05) is 23.1 Å². The van der Waals surface area contributed by atoms with Crippen molar-refractivity contribution in [1.82, 2.24) is 19.8 Å². The lowest BCUT2D eigenvalue weighted by Crippen LogP contribution is -2.10. The van der Waals surface area contributed by atoms with Gasteiger partial charge in [-0.1, -0.05) is 36.5 Å². The number of benzene rings is 2. The molecule has 5 aromatic rings. The van der Waals surface area contributed by atoms with Gasteiger partial charge >= 0.3 is 0 Å². The largest absolute Gasteiger partial charge is 0.451 e. The normalized spacial score (nSPS) is 11.3. The number of para-hydroxylation sites is 1. The Morgan fingerprint density at radius 2 is 1.96 bits per heavy atom. The summed E-state index contributed by atoms with van der Waals surface area (Å²) in [6.45, 7) is 2.02. The number of fused-ring (bicyclic) bond motifs is 2. The molecule has 0 bridgehead atoms. The monoisotopic (exact) mass is 389 g/mol. The third kappa shape index (κ3) is 2.84. The number of aromatic nitrogens is 4. The van der Waals surface area contributed by atoms with Crippen molar-refractivity contribution < 1.29 is 9.21 Å². The first-order chi connectivity index (χ1) is 13.7. The van der Waals surface area contributed by atoms with Gasteiger partial charge in [-0.2, -0.15) is 9.61 Å². The number of nitrogens with zero attached hydrogens (tertiary/aromatic N) is 4. The summed E-state index contributed by atoms with van der Waals surface area (Å²) in [7, 11) is 0. The van der Waals surface area contributed by atoms with E-state index >= 15 is 0 Å². The minimum Gasteiger partial charge on any atom is -0.451 e. The number of furan rings is 1. The van der Waals surface area contributed by atoms with Crippen LogP contribution in [0.5, 0.6) is 0 Å². The van der Waals surface area contributed by atoms with Crippen molar-refractivity contribution in [3.8, 4) is 10.6 Å². The van der Waals surface area contributed by atoms with Gasteiger partial charge in [-0.25, -0.2) is 0 Å². The van der Waals surface area contributed by atoms with Crippen LogP contribution in [-0.4, -0.2) is 25.7 Å². The fourth-order valence-electron chi connectivity index (χ4n) is 2.98. The molecule has 3 aromatic heterocycles. The van der Waals surface area contributed by atoms with Gasteiger partial charge in [-0.15, -0.1) is 10.2 Å². The lowest BCUT2D eigenvalue weighted by Gasteiger charge is -2.03. The van der Waals surface area contributed by atoms with E-state index in [1.807, 2.05) is 55.5 Å². The molecule has 0 aliphatic heterocycles. The van der Waals surface area contributed by atoms with Gasteiger partial charge in [0.25, 0.3) is 5.91 Å². The van der Waals surface area contributed by atoms with E-state index in [1.54, 1.807) is 10.6 Å². The number of hydrogen-bond acceptors (Lipinski definition) is 6. The minimum atomic E-state index is -0.282. The van der Waals surface area contributed by atoms with Crippen molar-refractivity contribution in [2.24, 2.45) is 0 Å². The van der Waals surface area contributed by atoms with Crippen LogP contribution in [0.2, 0.25) is 0 Å². The molecule has 1 N–H and O–H groups in total. The zero-order valence-corrected chi connectivity index (χ0v) is 15.7. The maximum absolute atomic E-state index is 12.5. The molecule has 0 aliphatic carbocycles. The molecule has 7 nitrogen and oxygen atoms in total. The average molecular weight is 389 g/mol. The van der Waals surface area contributed by atoms with Gasteiger partial charge in [-0.3, -0.25) is 4.79 Å². The second kappa shape index (κ2) is 6.58. The number of aryl methyl sites for hydroxylation is 1. The van der Waals surface area contributed by atoms with Crippen LogP contribution in [0.1, 0.15) is 23.3 Å². The average Bonchev–Trinajstić information content (AvgIpc) is 3.42. The SMILES string of the molecule is CCc1nnc2sc(-c3ccc(NC(=O)c4cc5ccccc5o4)cc3)nn12. The lowest BCUT2D eigenvalue weighted by molar-refractivity contribution is 0.0998. The van der Waals surface area contributed by atoms with E-state index in [9.17, 15) is 4.79 Å². The zero-order valence-electron chi connectivity index (χ0n) is 14.9. The Morgan fingerprint density at radius 1 is 1.14 bits per heavy atom. The Hall–Kier alpha value is -3.52. The van der Waals surface area contributed by atoms with Gasteiger partial charge in [0.15, 0.2) is 11.6 Å². The van der Waals surface area contributed by atoms with Crippen LogP contribution in [0.15, 0.2) is 59.0 Å². The van der Waals surface area contributed by atoms with Crippen LogP contribution >= 0.6 is 11.3 Å².